The molecular weight excluding hydrogens is 342 g/mol. The first-order valence-corrected chi connectivity index (χ1v) is 8.30. The quantitative estimate of drug-likeness (QED) is 0.729. The van der Waals surface area contributed by atoms with Crippen LogP contribution in [0.25, 0.3) is 0 Å². The van der Waals surface area contributed by atoms with Crippen molar-refractivity contribution in [2.24, 2.45) is 0 Å². The van der Waals surface area contributed by atoms with Crippen molar-refractivity contribution in [1.29, 1.82) is 0 Å². The van der Waals surface area contributed by atoms with Gasteiger partial charge in [-0.25, -0.2) is 9.78 Å². The van der Waals surface area contributed by atoms with Crippen molar-refractivity contribution < 1.29 is 19.0 Å². The molecule has 2 aromatic carbocycles. The Hall–Kier alpha value is -3.26. The van der Waals surface area contributed by atoms with Gasteiger partial charge in [-0.2, -0.15) is 0 Å². The third kappa shape index (κ3) is 3.48. The molecule has 0 radical (unpaired) electrons. The molecule has 0 spiro atoms. The number of benzene rings is 2. The largest absolute Gasteiger partial charge is 0.455 e. The van der Waals surface area contributed by atoms with Crippen LogP contribution in [0.15, 0.2) is 54.0 Å². The van der Waals surface area contributed by atoms with Gasteiger partial charge in [0, 0.05) is 17.6 Å². The van der Waals surface area contributed by atoms with E-state index in [1.54, 1.807) is 41.9 Å². The molecule has 2 N–H and O–H groups in total. The van der Waals surface area contributed by atoms with Gasteiger partial charge < -0.3 is 19.5 Å². The van der Waals surface area contributed by atoms with E-state index < -0.39 is 6.03 Å². The minimum atomic E-state index is -0.392. The van der Waals surface area contributed by atoms with E-state index in [0.29, 0.717) is 33.8 Å². The molecule has 2 heterocycles. The number of hydrogen-bond acceptors (Lipinski definition) is 6. The van der Waals surface area contributed by atoms with Crippen molar-refractivity contribution in [3.8, 4) is 23.0 Å². The van der Waals surface area contributed by atoms with Crippen LogP contribution in [0.2, 0.25) is 0 Å². The Bertz CT molecular complexity index is 899. The third-order valence-corrected chi connectivity index (χ3v) is 4.05. The van der Waals surface area contributed by atoms with E-state index >= 15 is 0 Å². The van der Waals surface area contributed by atoms with E-state index in [0.717, 1.165) is 0 Å². The SMILES string of the molecule is O=C(Nc1nccs1)Nc1ccccc1Oc1ccc2c(c1)OCO2. The fourth-order valence-corrected chi connectivity index (χ4v) is 2.79. The standard InChI is InChI=1S/C17H13N3O4S/c21-16(20-17-18-7-8-25-17)19-12-3-1-2-4-13(12)24-11-5-6-14-15(9-11)23-10-22-14/h1-9H,10H2,(H2,18,19,20,21). The molecule has 0 atom stereocenters. The second-order valence-corrected chi connectivity index (χ2v) is 5.92. The molecule has 7 nitrogen and oxygen atoms in total. The Kier molecular flexibility index (Phi) is 4.09. The van der Waals surface area contributed by atoms with E-state index in [-0.39, 0.29) is 6.79 Å². The Balaban J connectivity index is 1.50. The summed E-state index contributed by atoms with van der Waals surface area (Å²) in [6.07, 6.45) is 1.62. The highest BCUT2D eigenvalue weighted by atomic mass is 32.1. The molecule has 4 rings (SSSR count). The molecule has 0 fully saturated rings. The summed E-state index contributed by atoms with van der Waals surface area (Å²) in [5.74, 6) is 2.40. The van der Waals surface area contributed by atoms with Crippen LogP contribution in [-0.2, 0) is 0 Å². The summed E-state index contributed by atoms with van der Waals surface area (Å²) in [6, 6.07) is 12.1. The van der Waals surface area contributed by atoms with Gasteiger partial charge in [0.15, 0.2) is 22.4 Å². The first-order chi connectivity index (χ1) is 12.3. The van der Waals surface area contributed by atoms with Crippen LogP contribution < -0.4 is 24.8 Å². The summed E-state index contributed by atoms with van der Waals surface area (Å²) in [5, 5.41) is 7.72. The molecule has 0 saturated heterocycles. The summed E-state index contributed by atoms with van der Waals surface area (Å²) < 4.78 is 16.5. The lowest BCUT2D eigenvalue weighted by Gasteiger charge is -2.12. The maximum absolute atomic E-state index is 12.1. The van der Waals surface area contributed by atoms with Gasteiger partial charge in [-0.1, -0.05) is 12.1 Å². The number of hydrogen-bond donors (Lipinski definition) is 2. The molecule has 0 saturated carbocycles. The van der Waals surface area contributed by atoms with Gasteiger partial charge in [0.05, 0.1) is 5.69 Å². The molecule has 1 aromatic heterocycles. The number of aromatic nitrogens is 1. The number of rotatable bonds is 4. The second-order valence-electron chi connectivity index (χ2n) is 5.03. The highest BCUT2D eigenvalue weighted by molar-refractivity contribution is 7.13. The van der Waals surface area contributed by atoms with E-state index in [1.807, 2.05) is 12.1 Å². The van der Waals surface area contributed by atoms with Crippen molar-refractivity contribution >= 4 is 28.2 Å². The Morgan fingerprint density at radius 2 is 2.00 bits per heavy atom. The van der Waals surface area contributed by atoms with Gasteiger partial charge in [-0.15, -0.1) is 11.3 Å². The number of amides is 2. The average molecular weight is 355 g/mol. The van der Waals surface area contributed by atoms with Crippen molar-refractivity contribution in [2.45, 2.75) is 0 Å². The van der Waals surface area contributed by atoms with Crippen LogP contribution in [0.5, 0.6) is 23.0 Å². The second kappa shape index (κ2) is 6.70. The van der Waals surface area contributed by atoms with E-state index in [1.165, 1.54) is 11.3 Å². The third-order valence-electron chi connectivity index (χ3n) is 3.36. The van der Waals surface area contributed by atoms with E-state index in [2.05, 4.69) is 15.6 Å². The highest BCUT2D eigenvalue weighted by Crippen LogP contribution is 2.38. The topological polar surface area (TPSA) is 81.7 Å². The lowest BCUT2D eigenvalue weighted by molar-refractivity contribution is 0.174. The van der Waals surface area contributed by atoms with Gasteiger partial charge in [-0.05, 0) is 24.3 Å². The zero-order chi connectivity index (χ0) is 17.1. The summed E-state index contributed by atoms with van der Waals surface area (Å²) in [7, 11) is 0. The molecule has 0 unspecified atom stereocenters. The van der Waals surface area contributed by atoms with Crippen LogP contribution in [0.3, 0.4) is 0 Å². The first-order valence-electron chi connectivity index (χ1n) is 7.42. The summed E-state index contributed by atoms with van der Waals surface area (Å²) in [5.41, 5.74) is 0.536. The molecule has 25 heavy (non-hydrogen) atoms. The van der Waals surface area contributed by atoms with Gasteiger partial charge in [-0.3, -0.25) is 5.32 Å². The summed E-state index contributed by atoms with van der Waals surface area (Å²) >= 11 is 1.34. The van der Waals surface area contributed by atoms with Crippen molar-refractivity contribution in [3.63, 3.8) is 0 Å². The monoisotopic (exact) mass is 355 g/mol. The van der Waals surface area contributed by atoms with Gasteiger partial charge in [0.1, 0.15) is 5.75 Å². The molecule has 1 aliphatic heterocycles. The fourth-order valence-electron chi connectivity index (χ4n) is 2.26. The molecule has 3 aromatic rings. The molecule has 126 valence electrons. The lowest BCUT2D eigenvalue weighted by Crippen LogP contribution is -2.19. The predicted octanol–water partition coefficient (Wildman–Crippen LogP) is 4.31. The van der Waals surface area contributed by atoms with Crippen molar-refractivity contribution in [2.75, 3.05) is 17.4 Å². The minimum Gasteiger partial charge on any atom is -0.455 e. The molecule has 0 bridgehead atoms. The number of para-hydroxylation sites is 2. The van der Waals surface area contributed by atoms with Crippen LogP contribution in [0.4, 0.5) is 15.6 Å². The Morgan fingerprint density at radius 1 is 1.12 bits per heavy atom. The van der Waals surface area contributed by atoms with Crippen LogP contribution in [0.1, 0.15) is 0 Å². The predicted molar refractivity (Wildman–Crippen MR) is 93.8 cm³/mol. The summed E-state index contributed by atoms with van der Waals surface area (Å²) in [4.78, 5) is 16.1. The Labute approximate surface area is 147 Å². The van der Waals surface area contributed by atoms with Crippen molar-refractivity contribution in [1.82, 2.24) is 4.98 Å². The number of nitrogens with zero attached hydrogens (tertiary/aromatic N) is 1. The molecule has 1 aliphatic rings. The van der Waals surface area contributed by atoms with Gasteiger partial charge in [0.25, 0.3) is 0 Å². The lowest BCUT2D eigenvalue weighted by atomic mass is 10.2. The fraction of sp³-hybridized carbons (Fsp3) is 0.0588. The number of nitrogens with one attached hydrogen (secondary N) is 2. The number of fused-ring (bicyclic) bond motifs is 1. The zero-order valence-corrected chi connectivity index (χ0v) is 13.7. The molecule has 8 heteroatoms. The zero-order valence-electron chi connectivity index (χ0n) is 12.9. The number of thiazole rings is 1. The summed E-state index contributed by atoms with van der Waals surface area (Å²) in [6.45, 7) is 0.202. The normalized spacial score (nSPS) is 11.8. The smallest absolute Gasteiger partial charge is 0.325 e. The Morgan fingerprint density at radius 3 is 2.88 bits per heavy atom. The van der Waals surface area contributed by atoms with E-state index in [9.17, 15) is 4.79 Å². The van der Waals surface area contributed by atoms with E-state index in [4.69, 9.17) is 14.2 Å². The average Bonchev–Trinajstić information content (AvgIpc) is 3.27. The number of anilines is 2. The van der Waals surface area contributed by atoms with Crippen molar-refractivity contribution in [3.05, 3.63) is 54.0 Å². The number of carbonyl (C=O) groups excluding carboxylic acids is 1. The van der Waals surface area contributed by atoms with Crippen LogP contribution >= 0.6 is 11.3 Å². The van der Waals surface area contributed by atoms with Crippen LogP contribution in [-0.4, -0.2) is 17.8 Å². The minimum absolute atomic E-state index is 0.202. The molecule has 2 amide bonds. The molecular formula is C17H13N3O4S. The number of urea groups is 1. The maximum Gasteiger partial charge on any atom is 0.325 e. The van der Waals surface area contributed by atoms with Crippen LogP contribution in [0, 0.1) is 0 Å². The first kappa shape index (κ1) is 15.3. The number of carbonyl (C=O) groups is 1. The highest BCUT2D eigenvalue weighted by Gasteiger charge is 2.15. The number of ether oxygens (including phenoxy) is 3. The maximum atomic E-state index is 12.1. The van der Waals surface area contributed by atoms with Gasteiger partial charge in [0.2, 0.25) is 6.79 Å². The molecule has 0 aliphatic carbocycles. The van der Waals surface area contributed by atoms with Gasteiger partial charge >= 0.3 is 6.03 Å².